The summed E-state index contributed by atoms with van der Waals surface area (Å²) >= 11 is 0. The Morgan fingerprint density at radius 2 is 1.54 bits per heavy atom. The van der Waals surface area contributed by atoms with Crippen LogP contribution in [-0.4, -0.2) is 44.3 Å². The number of anilines is 3. The van der Waals surface area contributed by atoms with Crippen LogP contribution >= 0.6 is 0 Å². The molecular formula is C16H17N5O4S. The topological polar surface area (TPSA) is 113 Å². The second kappa shape index (κ2) is 6.71. The van der Waals surface area contributed by atoms with E-state index in [1.165, 1.54) is 36.7 Å². The zero-order chi connectivity index (χ0) is 18.9. The summed E-state index contributed by atoms with van der Waals surface area (Å²) in [7, 11) is -0.297. The van der Waals surface area contributed by atoms with Crippen LogP contribution in [0, 0.1) is 0 Å². The molecule has 136 valence electrons. The monoisotopic (exact) mass is 375 g/mol. The summed E-state index contributed by atoms with van der Waals surface area (Å²) in [5, 5.41) is 0. The molecule has 1 aromatic heterocycles. The van der Waals surface area contributed by atoms with Gasteiger partial charge in [0.05, 0.1) is 28.7 Å². The molecule has 1 aliphatic rings. The van der Waals surface area contributed by atoms with Gasteiger partial charge >= 0.3 is 0 Å². The van der Waals surface area contributed by atoms with Crippen molar-refractivity contribution in [2.75, 3.05) is 28.6 Å². The van der Waals surface area contributed by atoms with Gasteiger partial charge in [0, 0.05) is 26.9 Å². The van der Waals surface area contributed by atoms with Gasteiger partial charge in [0.25, 0.3) is 10.0 Å². The van der Waals surface area contributed by atoms with Gasteiger partial charge in [-0.1, -0.05) is 0 Å². The largest absolute Gasteiger partial charge is 0.347 e. The fourth-order valence-electron chi connectivity index (χ4n) is 2.46. The Kier molecular flexibility index (Phi) is 4.60. The normalized spacial score (nSPS) is 14.6. The van der Waals surface area contributed by atoms with Gasteiger partial charge in [-0.05, 0) is 24.3 Å². The maximum atomic E-state index is 12.5. The lowest BCUT2D eigenvalue weighted by Crippen LogP contribution is -2.28. The summed E-state index contributed by atoms with van der Waals surface area (Å²) in [5.74, 6) is -0.124. The van der Waals surface area contributed by atoms with Crippen LogP contribution in [0.2, 0.25) is 0 Å². The van der Waals surface area contributed by atoms with E-state index in [1.54, 1.807) is 19.0 Å². The molecule has 26 heavy (non-hydrogen) atoms. The molecule has 0 atom stereocenters. The van der Waals surface area contributed by atoms with Gasteiger partial charge in [-0.3, -0.25) is 19.2 Å². The molecule has 9 nitrogen and oxygen atoms in total. The number of imide groups is 1. The minimum atomic E-state index is -3.85. The van der Waals surface area contributed by atoms with Gasteiger partial charge < -0.3 is 4.90 Å². The third-order valence-corrected chi connectivity index (χ3v) is 5.14. The van der Waals surface area contributed by atoms with Crippen molar-refractivity contribution in [2.24, 2.45) is 0 Å². The molecule has 0 radical (unpaired) electrons. The van der Waals surface area contributed by atoms with E-state index in [1.807, 2.05) is 0 Å². The van der Waals surface area contributed by atoms with Crippen LogP contribution in [0.15, 0.2) is 41.6 Å². The Labute approximate surface area is 150 Å². The summed E-state index contributed by atoms with van der Waals surface area (Å²) in [6.45, 7) is 0. The third-order valence-electron chi connectivity index (χ3n) is 3.75. The highest BCUT2D eigenvalue weighted by Crippen LogP contribution is 2.24. The first-order valence-corrected chi connectivity index (χ1v) is 9.24. The van der Waals surface area contributed by atoms with Gasteiger partial charge in [-0.25, -0.2) is 18.4 Å². The number of carbonyl (C=O) groups is 2. The van der Waals surface area contributed by atoms with Crippen molar-refractivity contribution in [3.05, 3.63) is 36.7 Å². The molecule has 1 N–H and O–H groups in total. The number of aromatic nitrogens is 2. The molecule has 0 aliphatic carbocycles. The Balaban J connectivity index is 1.79. The number of carbonyl (C=O) groups excluding carboxylic acids is 2. The van der Waals surface area contributed by atoms with E-state index in [4.69, 9.17) is 0 Å². The van der Waals surface area contributed by atoms with Crippen molar-refractivity contribution in [3.8, 4) is 0 Å². The van der Waals surface area contributed by atoms with Crippen molar-refractivity contribution >= 4 is 39.2 Å². The Morgan fingerprint density at radius 1 is 1.00 bits per heavy atom. The molecule has 2 amide bonds. The second-order valence-electron chi connectivity index (χ2n) is 5.89. The number of benzene rings is 1. The number of amides is 2. The van der Waals surface area contributed by atoms with Crippen molar-refractivity contribution < 1.29 is 18.0 Å². The van der Waals surface area contributed by atoms with Crippen LogP contribution in [0.4, 0.5) is 17.3 Å². The maximum Gasteiger partial charge on any atom is 0.261 e. The van der Waals surface area contributed by atoms with E-state index in [2.05, 4.69) is 14.7 Å². The first-order chi connectivity index (χ1) is 12.3. The highest BCUT2D eigenvalue weighted by atomic mass is 32.2. The van der Waals surface area contributed by atoms with E-state index >= 15 is 0 Å². The molecule has 0 unspecified atom stereocenters. The van der Waals surface area contributed by atoms with Crippen molar-refractivity contribution in [3.63, 3.8) is 0 Å². The smallest absolute Gasteiger partial charge is 0.261 e. The van der Waals surface area contributed by atoms with Gasteiger partial charge in [0.2, 0.25) is 17.8 Å². The summed E-state index contributed by atoms with van der Waals surface area (Å²) in [6, 6.07) is 5.54. The van der Waals surface area contributed by atoms with Gasteiger partial charge in [0.15, 0.2) is 0 Å². The van der Waals surface area contributed by atoms with E-state index < -0.39 is 10.0 Å². The lowest BCUT2D eigenvalue weighted by atomic mass is 10.3. The molecule has 0 saturated carbocycles. The van der Waals surface area contributed by atoms with Gasteiger partial charge in [0.1, 0.15) is 0 Å². The quantitative estimate of drug-likeness (QED) is 0.776. The molecule has 1 aliphatic heterocycles. The zero-order valence-corrected chi connectivity index (χ0v) is 15.0. The maximum absolute atomic E-state index is 12.5. The molecule has 1 aromatic carbocycles. The highest BCUT2D eigenvalue weighted by Gasteiger charge is 2.30. The third kappa shape index (κ3) is 3.49. The molecule has 1 fully saturated rings. The standard InChI is InChI=1S/C16H17N5O4S/c1-20(2)16-17-9-11(10-18-16)19-26(24,25)13-5-3-12(4-6-13)21-14(22)7-8-15(21)23/h3-6,9-10,19H,7-8H2,1-2H3. The molecule has 3 rings (SSSR count). The van der Waals surface area contributed by atoms with E-state index in [9.17, 15) is 18.0 Å². The van der Waals surface area contributed by atoms with E-state index in [0.717, 1.165) is 4.90 Å². The average molecular weight is 375 g/mol. The van der Waals surface area contributed by atoms with Gasteiger partial charge in [-0.2, -0.15) is 0 Å². The number of sulfonamides is 1. The lowest BCUT2D eigenvalue weighted by Gasteiger charge is -2.14. The summed E-state index contributed by atoms with van der Waals surface area (Å²) in [4.78, 5) is 34.3. The van der Waals surface area contributed by atoms with Crippen molar-refractivity contribution in [2.45, 2.75) is 17.7 Å². The lowest BCUT2D eigenvalue weighted by molar-refractivity contribution is -0.121. The number of hydrogen-bond acceptors (Lipinski definition) is 7. The molecule has 2 aromatic rings. The number of nitrogens with one attached hydrogen (secondary N) is 1. The summed E-state index contributed by atoms with van der Waals surface area (Å²) in [6.07, 6.45) is 3.08. The Hall–Kier alpha value is -3.01. The highest BCUT2D eigenvalue weighted by molar-refractivity contribution is 7.92. The minimum Gasteiger partial charge on any atom is -0.347 e. The molecule has 0 spiro atoms. The predicted octanol–water partition coefficient (Wildman–Crippen LogP) is 0.997. The zero-order valence-electron chi connectivity index (χ0n) is 14.2. The van der Waals surface area contributed by atoms with Crippen LogP contribution in [0.1, 0.15) is 12.8 Å². The second-order valence-corrected chi connectivity index (χ2v) is 7.57. The van der Waals surface area contributed by atoms with E-state index in [0.29, 0.717) is 11.6 Å². The summed E-state index contributed by atoms with van der Waals surface area (Å²) < 4.78 is 27.3. The molecule has 1 saturated heterocycles. The van der Waals surface area contributed by atoms with Crippen molar-refractivity contribution in [1.29, 1.82) is 0 Å². The Bertz CT molecular complexity index is 924. The molecule has 0 bridgehead atoms. The fourth-order valence-corrected chi connectivity index (χ4v) is 3.49. The number of rotatable bonds is 5. The summed E-state index contributed by atoms with van der Waals surface area (Å²) in [5.41, 5.74) is 0.583. The Morgan fingerprint density at radius 3 is 2.04 bits per heavy atom. The average Bonchev–Trinajstić information content (AvgIpc) is 2.94. The first kappa shape index (κ1) is 17.8. The van der Waals surface area contributed by atoms with Crippen LogP contribution in [0.25, 0.3) is 0 Å². The minimum absolute atomic E-state index is 0.00275. The van der Waals surface area contributed by atoms with Crippen LogP contribution in [0.3, 0.4) is 0 Å². The molecule has 2 heterocycles. The van der Waals surface area contributed by atoms with Crippen molar-refractivity contribution in [1.82, 2.24) is 9.97 Å². The fraction of sp³-hybridized carbons (Fsp3) is 0.250. The van der Waals surface area contributed by atoms with Crippen LogP contribution < -0.4 is 14.5 Å². The van der Waals surface area contributed by atoms with Crippen LogP contribution in [-0.2, 0) is 19.6 Å². The number of nitrogens with zero attached hydrogens (tertiary/aromatic N) is 4. The molecular weight excluding hydrogens is 358 g/mol. The van der Waals surface area contributed by atoms with E-state index in [-0.39, 0.29) is 35.2 Å². The van der Waals surface area contributed by atoms with Crippen LogP contribution in [0.5, 0.6) is 0 Å². The number of hydrogen-bond donors (Lipinski definition) is 1. The first-order valence-electron chi connectivity index (χ1n) is 7.76. The molecule has 10 heteroatoms. The SMILES string of the molecule is CN(C)c1ncc(NS(=O)(=O)c2ccc(N3C(=O)CCC3=O)cc2)cn1. The predicted molar refractivity (Wildman–Crippen MR) is 95.3 cm³/mol. The van der Waals surface area contributed by atoms with Gasteiger partial charge in [-0.15, -0.1) is 0 Å².